The van der Waals surface area contributed by atoms with E-state index >= 15 is 0 Å². The molecule has 1 atom stereocenters. The van der Waals surface area contributed by atoms with Gasteiger partial charge in [0.1, 0.15) is 11.6 Å². The zero-order valence-corrected chi connectivity index (χ0v) is 12.2. The minimum absolute atomic E-state index is 0.385. The Morgan fingerprint density at radius 1 is 1.14 bits per heavy atom. The number of rotatable bonds is 3. The number of carbonyl (C=O) groups excluding carboxylic acids is 1. The Morgan fingerprint density at radius 2 is 1.67 bits per heavy atom. The van der Waals surface area contributed by atoms with Crippen LogP contribution in [0.25, 0.3) is 0 Å². The number of hydrogen-bond donors (Lipinski definition) is 1. The maximum atomic E-state index is 13.6. The van der Waals surface area contributed by atoms with E-state index in [1.807, 2.05) is 0 Å². The number of aliphatic hydroxyl groups is 1. The van der Waals surface area contributed by atoms with Gasteiger partial charge in [0.15, 0.2) is 6.10 Å². The van der Waals surface area contributed by atoms with E-state index in [-0.39, 0.29) is 0 Å². The molecule has 1 unspecified atom stereocenters. The Labute approximate surface area is 123 Å². The molecule has 0 bridgehead atoms. The maximum Gasteiger partial charge on any atom is 0.256 e. The minimum Gasteiger partial charge on any atom is -0.378 e. The SMILES string of the molecule is CC(C)N1CCN(C(=O)C(O)c2c(F)cccc2F)CC1. The minimum atomic E-state index is -1.79. The maximum absolute atomic E-state index is 13.6. The van der Waals surface area contributed by atoms with Crippen molar-refractivity contribution in [2.75, 3.05) is 26.2 Å². The van der Waals surface area contributed by atoms with Crippen molar-refractivity contribution in [3.63, 3.8) is 0 Å². The van der Waals surface area contributed by atoms with Crippen LogP contribution in [0.4, 0.5) is 8.78 Å². The summed E-state index contributed by atoms with van der Waals surface area (Å²) >= 11 is 0. The van der Waals surface area contributed by atoms with Gasteiger partial charge in [-0.25, -0.2) is 8.78 Å². The quantitative estimate of drug-likeness (QED) is 0.921. The van der Waals surface area contributed by atoms with Crippen molar-refractivity contribution in [1.82, 2.24) is 9.80 Å². The number of piperazine rings is 1. The number of hydrogen-bond acceptors (Lipinski definition) is 3. The lowest BCUT2D eigenvalue weighted by molar-refractivity contribution is -0.142. The molecule has 1 fully saturated rings. The smallest absolute Gasteiger partial charge is 0.256 e. The van der Waals surface area contributed by atoms with Gasteiger partial charge < -0.3 is 10.0 Å². The van der Waals surface area contributed by atoms with Gasteiger partial charge in [0, 0.05) is 32.2 Å². The van der Waals surface area contributed by atoms with E-state index in [1.165, 1.54) is 11.0 Å². The van der Waals surface area contributed by atoms with Crippen molar-refractivity contribution in [2.24, 2.45) is 0 Å². The molecule has 6 heteroatoms. The van der Waals surface area contributed by atoms with Gasteiger partial charge in [0.2, 0.25) is 0 Å². The fourth-order valence-electron chi connectivity index (χ4n) is 2.53. The van der Waals surface area contributed by atoms with Gasteiger partial charge in [-0.05, 0) is 26.0 Å². The molecule has 0 aliphatic carbocycles. The summed E-state index contributed by atoms with van der Waals surface area (Å²) in [5, 5.41) is 9.99. The summed E-state index contributed by atoms with van der Waals surface area (Å²) in [5.41, 5.74) is -0.575. The predicted molar refractivity (Wildman–Crippen MR) is 74.6 cm³/mol. The molecule has 21 heavy (non-hydrogen) atoms. The van der Waals surface area contributed by atoms with Gasteiger partial charge in [0.25, 0.3) is 5.91 Å². The third kappa shape index (κ3) is 3.39. The predicted octanol–water partition coefficient (Wildman–Crippen LogP) is 1.55. The Balaban J connectivity index is 2.07. The Morgan fingerprint density at radius 3 is 2.14 bits per heavy atom. The number of aliphatic hydroxyl groups excluding tert-OH is 1. The van der Waals surface area contributed by atoms with Crippen molar-refractivity contribution < 1.29 is 18.7 Å². The molecule has 1 aromatic rings. The molecule has 0 radical (unpaired) electrons. The van der Waals surface area contributed by atoms with Crippen LogP contribution in [0.15, 0.2) is 18.2 Å². The second-order valence-corrected chi connectivity index (χ2v) is 5.49. The molecule has 1 aliphatic heterocycles. The summed E-state index contributed by atoms with van der Waals surface area (Å²) in [6.07, 6.45) is -1.79. The number of halogens is 2. The van der Waals surface area contributed by atoms with Crippen LogP contribution in [0, 0.1) is 11.6 Å². The lowest BCUT2D eigenvalue weighted by Crippen LogP contribution is -2.51. The van der Waals surface area contributed by atoms with E-state index in [0.717, 1.165) is 12.1 Å². The van der Waals surface area contributed by atoms with E-state index in [0.29, 0.717) is 32.2 Å². The first-order valence-electron chi connectivity index (χ1n) is 7.06. The van der Waals surface area contributed by atoms with Gasteiger partial charge >= 0.3 is 0 Å². The van der Waals surface area contributed by atoms with Crippen LogP contribution in [0.5, 0.6) is 0 Å². The zero-order valence-electron chi connectivity index (χ0n) is 12.2. The fourth-order valence-corrected chi connectivity index (χ4v) is 2.53. The molecule has 0 saturated carbocycles. The van der Waals surface area contributed by atoms with Gasteiger partial charge in [-0.3, -0.25) is 9.69 Å². The molecular weight excluding hydrogens is 278 g/mol. The molecule has 1 amide bonds. The standard InChI is InChI=1S/C15H20F2N2O2/c1-10(2)18-6-8-19(9-7-18)15(21)14(20)13-11(16)4-3-5-12(13)17/h3-5,10,14,20H,6-9H2,1-2H3. The molecule has 2 rings (SSSR count). The van der Waals surface area contributed by atoms with Crippen molar-refractivity contribution in [3.05, 3.63) is 35.4 Å². The second-order valence-electron chi connectivity index (χ2n) is 5.49. The van der Waals surface area contributed by atoms with E-state index in [1.54, 1.807) is 0 Å². The molecule has 116 valence electrons. The molecule has 1 aromatic carbocycles. The number of carbonyl (C=O) groups is 1. The van der Waals surface area contributed by atoms with Crippen molar-refractivity contribution in [2.45, 2.75) is 26.0 Å². The van der Waals surface area contributed by atoms with E-state index in [4.69, 9.17) is 0 Å². The topological polar surface area (TPSA) is 43.8 Å². The first kappa shape index (κ1) is 15.9. The molecule has 1 saturated heterocycles. The van der Waals surface area contributed by atoms with E-state index in [9.17, 15) is 18.7 Å². The average molecular weight is 298 g/mol. The summed E-state index contributed by atoms with van der Waals surface area (Å²) in [6, 6.07) is 3.65. The molecule has 0 spiro atoms. The lowest BCUT2D eigenvalue weighted by atomic mass is 10.1. The third-order valence-electron chi connectivity index (χ3n) is 3.86. The highest BCUT2D eigenvalue weighted by molar-refractivity contribution is 5.82. The summed E-state index contributed by atoms with van der Waals surface area (Å²) in [6.45, 7) is 6.42. The van der Waals surface area contributed by atoms with Crippen molar-refractivity contribution in [3.8, 4) is 0 Å². The summed E-state index contributed by atoms with van der Waals surface area (Å²) in [4.78, 5) is 15.9. The van der Waals surface area contributed by atoms with Crippen LogP contribution >= 0.6 is 0 Å². The molecular formula is C15H20F2N2O2. The Kier molecular flexibility index (Phi) is 4.90. The zero-order chi connectivity index (χ0) is 15.6. The van der Waals surface area contributed by atoms with E-state index in [2.05, 4.69) is 18.7 Å². The summed E-state index contributed by atoms with van der Waals surface area (Å²) in [5.74, 6) is -2.46. The number of nitrogens with zero attached hydrogens (tertiary/aromatic N) is 2. The summed E-state index contributed by atoms with van der Waals surface area (Å²) in [7, 11) is 0. The van der Waals surface area contributed by atoms with Gasteiger partial charge in [-0.15, -0.1) is 0 Å². The van der Waals surface area contributed by atoms with Crippen LogP contribution in [0.3, 0.4) is 0 Å². The number of amides is 1. The van der Waals surface area contributed by atoms with Gasteiger partial charge in [-0.2, -0.15) is 0 Å². The van der Waals surface area contributed by atoms with E-state index < -0.39 is 29.2 Å². The Bertz CT molecular complexity index is 494. The third-order valence-corrected chi connectivity index (χ3v) is 3.86. The highest BCUT2D eigenvalue weighted by Crippen LogP contribution is 2.23. The van der Waals surface area contributed by atoms with Crippen molar-refractivity contribution in [1.29, 1.82) is 0 Å². The fraction of sp³-hybridized carbons (Fsp3) is 0.533. The Hall–Kier alpha value is -1.53. The number of benzene rings is 1. The van der Waals surface area contributed by atoms with Crippen LogP contribution in [-0.2, 0) is 4.79 Å². The highest BCUT2D eigenvalue weighted by atomic mass is 19.1. The highest BCUT2D eigenvalue weighted by Gasteiger charge is 2.31. The molecule has 1 aliphatic rings. The second kappa shape index (κ2) is 6.49. The normalized spacial score (nSPS) is 18.1. The van der Waals surface area contributed by atoms with Crippen molar-refractivity contribution >= 4 is 5.91 Å². The first-order valence-corrected chi connectivity index (χ1v) is 7.06. The first-order chi connectivity index (χ1) is 9.91. The van der Waals surface area contributed by atoms with Crippen LogP contribution in [-0.4, -0.2) is 53.0 Å². The summed E-state index contributed by atoms with van der Waals surface area (Å²) < 4.78 is 27.2. The molecule has 1 N–H and O–H groups in total. The average Bonchev–Trinajstić information content (AvgIpc) is 2.46. The van der Waals surface area contributed by atoms with Crippen LogP contribution in [0.1, 0.15) is 25.5 Å². The molecule has 4 nitrogen and oxygen atoms in total. The van der Waals surface area contributed by atoms with Gasteiger partial charge in [-0.1, -0.05) is 6.07 Å². The largest absolute Gasteiger partial charge is 0.378 e. The van der Waals surface area contributed by atoms with Crippen LogP contribution in [0.2, 0.25) is 0 Å². The van der Waals surface area contributed by atoms with Crippen LogP contribution < -0.4 is 0 Å². The lowest BCUT2D eigenvalue weighted by Gasteiger charge is -2.37. The van der Waals surface area contributed by atoms with Gasteiger partial charge in [0.05, 0.1) is 5.56 Å². The molecule has 1 heterocycles. The monoisotopic (exact) mass is 298 g/mol. The molecule has 0 aromatic heterocycles.